The molecule has 0 aliphatic rings. The van der Waals surface area contributed by atoms with Crippen molar-refractivity contribution < 1.29 is 40.6 Å². The van der Waals surface area contributed by atoms with E-state index in [9.17, 15) is 19.5 Å². The molecular weight excluding hydrogens is 556 g/mol. The second kappa shape index (κ2) is 13.9. The molecule has 0 aromatic heterocycles. The Morgan fingerprint density at radius 3 is 2.13 bits per heavy atom. The summed E-state index contributed by atoms with van der Waals surface area (Å²) >= 11 is 0. The number of rotatable bonds is 11. The zero-order valence-corrected chi connectivity index (χ0v) is 22.3. The van der Waals surface area contributed by atoms with Gasteiger partial charge in [-0.2, -0.15) is 0 Å². The van der Waals surface area contributed by atoms with Crippen LogP contribution < -0.4 is 11.1 Å². The predicted molar refractivity (Wildman–Crippen MR) is 115 cm³/mol. The van der Waals surface area contributed by atoms with Crippen LogP contribution in [0.2, 0.25) is 0 Å². The van der Waals surface area contributed by atoms with E-state index in [1.54, 1.807) is 20.0 Å². The van der Waals surface area contributed by atoms with Crippen molar-refractivity contribution >= 4 is 17.8 Å². The minimum Gasteiger partial charge on any atom is -0.666 e. The predicted octanol–water partition coefficient (Wildman–Crippen LogP) is 2.58. The molecule has 0 fully saturated rings. The number of hydrogen-bond donors (Lipinski definition) is 3. The summed E-state index contributed by atoms with van der Waals surface area (Å²) in [5, 5.41) is 11.9. The molecule has 2 amide bonds. The van der Waals surface area contributed by atoms with Crippen molar-refractivity contribution in [3.63, 3.8) is 0 Å². The maximum Gasteiger partial charge on any atom is 0.326 e. The topological polar surface area (TPSA) is 137 Å². The Kier molecular flexibility index (Phi) is 14.4. The Balaban J connectivity index is 0. The SMILES string of the molecule is C/C(=C\[C@H](C(C)C)N(C)C(=O)[C@@H]([NH-])C(C)(C)C)C(=O)NC(CCCCN)C(=O)O.[W]. The molecule has 3 atom stereocenters. The first-order chi connectivity index (χ1) is 13.2. The number of likely N-dealkylation sites (N-methyl/N-ethyl adjacent to an activating group) is 1. The van der Waals surface area contributed by atoms with Crippen LogP contribution in [-0.4, -0.2) is 59.5 Å². The molecule has 0 saturated carbocycles. The normalized spacial score (nSPS) is 15.1. The van der Waals surface area contributed by atoms with Crippen LogP contribution in [0, 0.1) is 11.3 Å². The standard InChI is InChI=1S/C21H39N4O4.W/c1-13(2)16(25(7)19(27)17(23)21(4,5)6)12-14(3)18(26)24-15(20(28)29)10-8-9-11-22;/h12-13,15-17,23H,8-11,22H2,1-7H3,(H,24,26)(H,28,29);/q-1;/b14-12+;/t15?,16-,17-;/m1./s1. The van der Waals surface area contributed by atoms with Crippen LogP contribution in [0.15, 0.2) is 11.6 Å². The number of carboxylic acids is 1. The molecule has 0 saturated heterocycles. The van der Waals surface area contributed by atoms with Crippen LogP contribution in [0.3, 0.4) is 0 Å². The number of nitrogens with two attached hydrogens (primary N) is 1. The zero-order valence-electron chi connectivity index (χ0n) is 19.3. The van der Waals surface area contributed by atoms with Crippen molar-refractivity contribution in [3.8, 4) is 0 Å². The number of nitrogens with one attached hydrogen (secondary N) is 2. The molecule has 0 aromatic rings. The average molecular weight is 595 g/mol. The van der Waals surface area contributed by atoms with Gasteiger partial charge in [0, 0.05) is 33.7 Å². The third-order valence-electron chi connectivity index (χ3n) is 4.92. The fourth-order valence-corrected chi connectivity index (χ4v) is 2.83. The van der Waals surface area contributed by atoms with Crippen molar-refractivity contribution in [1.29, 1.82) is 0 Å². The largest absolute Gasteiger partial charge is 0.666 e. The minimum atomic E-state index is -1.09. The summed E-state index contributed by atoms with van der Waals surface area (Å²) in [7, 11) is 1.63. The molecule has 30 heavy (non-hydrogen) atoms. The molecule has 0 bridgehead atoms. The molecular formula is C21H39N4O4W-. The molecule has 174 valence electrons. The number of hydrogen-bond acceptors (Lipinski definition) is 4. The first kappa shape index (κ1) is 30.9. The molecule has 5 N–H and O–H groups in total. The maximum absolute atomic E-state index is 12.7. The summed E-state index contributed by atoms with van der Waals surface area (Å²) in [5.74, 6) is -1.86. The Labute approximate surface area is 195 Å². The van der Waals surface area contributed by atoms with Gasteiger partial charge >= 0.3 is 5.97 Å². The van der Waals surface area contributed by atoms with Gasteiger partial charge in [-0.15, -0.1) is 0 Å². The smallest absolute Gasteiger partial charge is 0.326 e. The summed E-state index contributed by atoms with van der Waals surface area (Å²) in [5.41, 5.74) is 13.5. The van der Waals surface area contributed by atoms with Gasteiger partial charge in [-0.25, -0.2) is 4.79 Å². The van der Waals surface area contributed by atoms with E-state index in [0.717, 1.165) is 0 Å². The first-order valence-electron chi connectivity index (χ1n) is 10.1. The Bertz CT molecular complexity index is 602. The Morgan fingerprint density at radius 1 is 1.20 bits per heavy atom. The molecule has 1 unspecified atom stereocenters. The van der Waals surface area contributed by atoms with E-state index >= 15 is 0 Å². The number of unbranched alkanes of at least 4 members (excludes halogenated alkanes) is 1. The van der Waals surface area contributed by atoms with Crippen molar-refractivity contribution in [2.24, 2.45) is 17.1 Å². The molecule has 0 rings (SSSR count). The van der Waals surface area contributed by atoms with Crippen molar-refractivity contribution in [1.82, 2.24) is 10.2 Å². The van der Waals surface area contributed by atoms with E-state index < -0.39 is 29.4 Å². The van der Waals surface area contributed by atoms with Crippen molar-refractivity contribution in [3.05, 3.63) is 17.4 Å². The third kappa shape index (κ3) is 10.2. The van der Waals surface area contributed by atoms with Crippen LogP contribution in [0.25, 0.3) is 5.73 Å². The Morgan fingerprint density at radius 2 is 1.73 bits per heavy atom. The molecule has 0 spiro atoms. The second-order valence-corrected chi connectivity index (χ2v) is 8.98. The van der Waals surface area contributed by atoms with Gasteiger partial charge in [-0.05, 0) is 44.1 Å². The van der Waals surface area contributed by atoms with Gasteiger partial charge in [0.2, 0.25) is 11.8 Å². The van der Waals surface area contributed by atoms with Crippen LogP contribution in [-0.2, 0) is 35.4 Å². The van der Waals surface area contributed by atoms with Gasteiger partial charge < -0.3 is 26.8 Å². The Hall–Kier alpha value is -1.24. The number of nitrogens with zero attached hydrogens (tertiary/aromatic N) is 1. The average Bonchev–Trinajstić information content (AvgIpc) is 2.61. The van der Waals surface area contributed by atoms with E-state index in [-0.39, 0.29) is 38.9 Å². The van der Waals surface area contributed by atoms with Gasteiger partial charge in [0.05, 0.1) is 6.04 Å². The van der Waals surface area contributed by atoms with Crippen LogP contribution >= 0.6 is 0 Å². The number of carbonyl (C=O) groups excluding carboxylic acids is 2. The van der Waals surface area contributed by atoms with Gasteiger partial charge in [0.15, 0.2) is 0 Å². The van der Waals surface area contributed by atoms with Crippen LogP contribution in [0.1, 0.15) is 60.8 Å². The summed E-state index contributed by atoms with van der Waals surface area (Å²) in [6.07, 6.45) is 3.29. The van der Waals surface area contributed by atoms with Crippen molar-refractivity contribution in [2.75, 3.05) is 13.6 Å². The second-order valence-electron chi connectivity index (χ2n) is 8.98. The number of carboxylic acid groups (broad SMARTS) is 1. The van der Waals surface area contributed by atoms with Crippen LogP contribution in [0.5, 0.6) is 0 Å². The quantitative estimate of drug-likeness (QED) is 0.249. The number of aliphatic carboxylic acids is 1. The fraction of sp³-hybridized carbons (Fsp3) is 0.762. The summed E-state index contributed by atoms with van der Waals surface area (Å²) in [6.45, 7) is 11.5. The monoisotopic (exact) mass is 595 g/mol. The van der Waals surface area contributed by atoms with Gasteiger partial charge in [-0.3, -0.25) is 9.59 Å². The molecule has 0 heterocycles. The molecule has 0 aromatic carbocycles. The first-order valence-corrected chi connectivity index (χ1v) is 10.1. The van der Waals surface area contributed by atoms with Gasteiger partial charge in [0.25, 0.3) is 0 Å². The third-order valence-corrected chi connectivity index (χ3v) is 4.92. The number of carbonyl (C=O) groups is 3. The van der Waals surface area contributed by atoms with Gasteiger partial charge in [0.1, 0.15) is 6.04 Å². The van der Waals surface area contributed by atoms with E-state index in [2.05, 4.69) is 5.32 Å². The summed E-state index contributed by atoms with van der Waals surface area (Å²) < 4.78 is 0. The molecule has 0 aliphatic heterocycles. The summed E-state index contributed by atoms with van der Waals surface area (Å²) in [4.78, 5) is 38.2. The minimum absolute atomic E-state index is 0. The summed E-state index contributed by atoms with van der Waals surface area (Å²) in [6, 6.07) is -2.29. The maximum atomic E-state index is 12.7. The molecule has 0 radical (unpaired) electrons. The van der Waals surface area contributed by atoms with Crippen molar-refractivity contribution in [2.45, 2.75) is 78.9 Å². The van der Waals surface area contributed by atoms with Crippen LogP contribution in [0.4, 0.5) is 0 Å². The zero-order chi connectivity index (χ0) is 22.9. The molecule has 9 heteroatoms. The van der Waals surface area contributed by atoms with Gasteiger partial charge in [-0.1, -0.05) is 46.7 Å². The molecule has 8 nitrogen and oxygen atoms in total. The molecule has 0 aliphatic carbocycles. The van der Waals surface area contributed by atoms with E-state index in [0.29, 0.717) is 31.4 Å². The van der Waals surface area contributed by atoms with E-state index in [4.69, 9.17) is 11.5 Å². The number of amides is 2. The van der Waals surface area contributed by atoms with E-state index in [1.165, 1.54) is 4.90 Å². The fourth-order valence-electron chi connectivity index (χ4n) is 2.83. The van der Waals surface area contributed by atoms with E-state index in [1.807, 2.05) is 34.6 Å².